The van der Waals surface area contributed by atoms with E-state index in [0.717, 1.165) is 33.7 Å². The number of nitrogens with zero attached hydrogens (tertiary/aromatic N) is 3. The monoisotopic (exact) mass is 195 g/mol. The van der Waals surface area contributed by atoms with E-state index in [2.05, 4.69) is 21.5 Å². The maximum Gasteiger partial charge on any atom is 0.116 e. The van der Waals surface area contributed by atoms with Gasteiger partial charge in [0, 0.05) is 34.8 Å². The van der Waals surface area contributed by atoms with Crippen molar-refractivity contribution in [1.82, 2.24) is 15.0 Å². The van der Waals surface area contributed by atoms with Crippen LogP contribution in [0.15, 0.2) is 31.4 Å². The highest BCUT2D eigenvalue weighted by molar-refractivity contribution is 5.99. The van der Waals surface area contributed by atoms with Gasteiger partial charge in [-0.05, 0) is 18.6 Å². The molecule has 15 heavy (non-hydrogen) atoms. The lowest BCUT2D eigenvalue weighted by Crippen LogP contribution is -1.88. The van der Waals surface area contributed by atoms with E-state index in [-0.39, 0.29) is 0 Å². The molecule has 0 atom stereocenters. The van der Waals surface area contributed by atoms with E-state index < -0.39 is 0 Å². The number of aryl methyl sites for hydroxylation is 1. The van der Waals surface area contributed by atoms with Crippen molar-refractivity contribution in [1.29, 1.82) is 0 Å². The number of hydrogen-bond acceptors (Lipinski definition) is 3. The van der Waals surface area contributed by atoms with E-state index in [4.69, 9.17) is 0 Å². The fraction of sp³-hybridized carbons (Fsp3) is 0.0833. The lowest BCUT2D eigenvalue weighted by molar-refractivity contribution is 1.16. The van der Waals surface area contributed by atoms with Crippen molar-refractivity contribution in [3.8, 4) is 11.1 Å². The van der Waals surface area contributed by atoms with Crippen LogP contribution in [0.4, 0.5) is 0 Å². The summed E-state index contributed by atoms with van der Waals surface area (Å²) in [6, 6.07) is 1.99. The predicted molar refractivity (Wildman–Crippen MR) is 58.1 cm³/mol. The predicted octanol–water partition coefficient (Wildman–Crippen LogP) is 2.22. The minimum atomic E-state index is 0.927. The summed E-state index contributed by atoms with van der Waals surface area (Å²) in [4.78, 5) is 12.6. The topological polar surface area (TPSA) is 38.7 Å². The van der Waals surface area contributed by atoms with Crippen molar-refractivity contribution in [2.45, 2.75) is 6.92 Å². The number of pyridine rings is 1. The van der Waals surface area contributed by atoms with Gasteiger partial charge >= 0.3 is 0 Å². The molecule has 2 aromatic rings. The Labute approximate surface area is 87.5 Å². The van der Waals surface area contributed by atoms with Crippen LogP contribution in [-0.2, 0) is 0 Å². The molecule has 1 aliphatic carbocycles. The van der Waals surface area contributed by atoms with Gasteiger partial charge in [0.15, 0.2) is 0 Å². The average Bonchev–Trinajstić information content (AvgIpc) is 2.55. The van der Waals surface area contributed by atoms with Crippen LogP contribution in [0.1, 0.15) is 17.0 Å². The molecule has 2 heterocycles. The summed E-state index contributed by atoms with van der Waals surface area (Å²) in [5.41, 5.74) is 6.18. The second-order valence-corrected chi connectivity index (χ2v) is 3.58. The Balaban J connectivity index is 2.43. The zero-order valence-corrected chi connectivity index (χ0v) is 8.36. The largest absolute Gasteiger partial charge is 0.261 e. The van der Waals surface area contributed by atoms with Gasteiger partial charge in [-0.2, -0.15) is 0 Å². The highest BCUT2D eigenvalue weighted by atomic mass is 14.8. The van der Waals surface area contributed by atoms with Gasteiger partial charge in [-0.3, -0.25) is 4.98 Å². The van der Waals surface area contributed by atoms with E-state index in [9.17, 15) is 0 Å². The summed E-state index contributed by atoms with van der Waals surface area (Å²) in [5.74, 6) is 0. The number of rotatable bonds is 0. The van der Waals surface area contributed by atoms with Crippen molar-refractivity contribution in [2.24, 2.45) is 0 Å². The SMILES string of the molecule is C=C1c2ncncc2-c2ccnc(C)c21. The molecule has 2 aromatic heterocycles. The van der Waals surface area contributed by atoms with Gasteiger partial charge in [0.05, 0.1) is 5.69 Å². The fourth-order valence-corrected chi connectivity index (χ4v) is 2.06. The van der Waals surface area contributed by atoms with E-state index >= 15 is 0 Å². The van der Waals surface area contributed by atoms with Crippen molar-refractivity contribution in [3.63, 3.8) is 0 Å². The molecule has 0 fully saturated rings. The molecule has 0 N–H and O–H groups in total. The second-order valence-electron chi connectivity index (χ2n) is 3.58. The summed E-state index contributed by atoms with van der Waals surface area (Å²) in [7, 11) is 0. The molecule has 0 unspecified atom stereocenters. The molecule has 0 bridgehead atoms. The van der Waals surface area contributed by atoms with Crippen LogP contribution in [0, 0.1) is 6.92 Å². The van der Waals surface area contributed by atoms with Crippen LogP contribution in [0.3, 0.4) is 0 Å². The Morgan fingerprint density at radius 1 is 1.20 bits per heavy atom. The maximum absolute atomic E-state index is 4.28. The fourth-order valence-electron chi connectivity index (χ4n) is 2.06. The molecule has 3 nitrogen and oxygen atoms in total. The zero-order valence-electron chi connectivity index (χ0n) is 8.36. The molecule has 3 heteroatoms. The molecule has 0 aromatic carbocycles. The Morgan fingerprint density at radius 2 is 2.07 bits per heavy atom. The first-order valence-electron chi connectivity index (χ1n) is 4.74. The lowest BCUT2D eigenvalue weighted by atomic mass is 10.1. The third-order valence-corrected chi connectivity index (χ3v) is 2.73. The second kappa shape index (κ2) is 2.73. The number of aromatic nitrogens is 3. The molecule has 3 rings (SSSR count). The van der Waals surface area contributed by atoms with Crippen LogP contribution in [-0.4, -0.2) is 15.0 Å². The standard InChI is InChI=1S/C12H9N3/c1-7-11-8(2)14-4-3-9(11)10-5-13-6-15-12(7)10/h3-6H,1H2,2H3. The van der Waals surface area contributed by atoms with Crippen LogP contribution in [0.5, 0.6) is 0 Å². The van der Waals surface area contributed by atoms with Crippen molar-refractivity contribution < 1.29 is 0 Å². The minimum absolute atomic E-state index is 0.927. The molecule has 1 aliphatic rings. The van der Waals surface area contributed by atoms with E-state index in [1.54, 1.807) is 6.33 Å². The molecule has 0 amide bonds. The first-order valence-corrected chi connectivity index (χ1v) is 4.74. The summed E-state index contributed by atoms with van der Waals surface area (Å²) in [5, 5.41) is 0. The van der Waals surface area contributed by atoms with Crippen molar-refractivity contribution >= 4 is 5.57 Å². The van der Waals surface area contributed by atoms with Crippen molar-refractivity contribution in [2.75, 3.05) is 0 Å². The average molecular weight is 195 g/mol. The summed E-state index contributed by atoms with van der Waals surface area (Å²) < 4.78 is 0. The Hall–Kier alpha value is -2.03. The summed E-state index contributed by atoms with van der Waals surface area (Å²) >= 11 is 0. The Bertz CT molecular complexity index is 573. The van der Waals surface area contributed by atoms with E-state index in [1.165, 1.54) is 0 Å². The van der Waals surface area contributed by atoms with E-state index in [1.807, 2.05) is 25.4 Å². The lowest BCUT2D eigenvalue weighted by Gasteiger charge is -2.02. The normalized spacial score (nSPS) is 12.5. The van der Waals surface area contributed by atoms with Gasteiger partial charge in [-0.25, -0.2) is 9.97 Å². The van der Waals surface area contributed by atoms with Crippen molar-refractivity contribution in [3.05, 3.63) is 48.3 Å². The first-order chi connectivity index (χ1) is 7.29. The third kappa shape index (κ3) is 0.973. The maximum atomic E-state index is 4.28. The minimum Gasteiger partial charge on any atom is -0.261 e. The highest BCUT2D eigenvalue weighted by Crippen LogP contribution is 2.42. The first kappa shape index (κ1) is 8.29. The summed E-state index contributed by atoms with van der Waals surface area (Å²) in [6.07, 6.45) is 5.20. The Morgan fingerprint density at radius 3 is 2.93 bits per heavy atom. The van der Waals surface area contributed by atoms with Gasteiger partial charge in [0.2, 0.25) is 0 Å². The van der Waals surface area contributed by atoms with Gasteiger partial charge in [0.1, 0.15) is 6.33 Å². The molecule has 72 valence electrons. The molecule has 0 aliphatic heterocycles. The third-order valence-electron chi connectivity index (χ3n) is 2.73. The van der Waals surface area contributed by atoms with Gasteiger partial charge in [-0.1, -0.05) is 6.58 Å². The summed E-state index contributed by atoms with van der Waals surface area (Å²) in [6.45, 7) is 6.06. The quantitative estimate of drug-likeness (QED) is 0.552. The molecular formula is C12H9N3. The number of hydrogen-bond donors (Lipinski definition) is 0. The molecule has 0 spiro atoms. The molecule has 0 saturated carbocycles. The van der Waals surface area contributed by atoms with Crippen LogP contribution in [0.25, 0.3) is 16.7 Å². The van der Waals surface area contributed by atoms with Crippen LogP contribution in [0.2, 0.25) is 0 Å². The smallest absolute Gasteiger partial charge is 0.116 e. The zero-order chi connectivity index (χ0) is 10.4. The van der Waals surface area contributed by atoms with Gasteiger partial charge in [0.25, 0.3) is 0 Å². The molecule has 0 radical (unpaired) electrons. The van der Waals surface area contributed by atoms with E-state index in [0.29, 0.717) is 0 Å². The molecule has 0 saturated heterocycles. The molecular weight excluding hydrogens is 186 g/mol. The van der Waals surface area contributed by atoms with Gasteiger partial charge < -0.3 is 0 Å². The highest BCUT2D eigenvalue weighted by Gasteiger charge is 2.24. The van der Waals surface area contributed by atoms with Crippen LogP contribution < -0.4 is 0 Å². The van der Waals surface area contributed by atoms with Gasteiger partial charge in [-0.15, -0.1) is 0 Å². The Kier molecular flexibility index (Phi) is 1.51. The number of fused-ring (bicyclic) bond motifs is 3. The van der Waals surface area contributed by atoms with Crippen LogP contribution >= 0.6 is 0 Å².